The van der Waals surface area contributed by atoms with Crippen LogP contribution in [0.25, 0.3) is 0 Å². The van der Waals surface area contributed by atoms with E-state index in [1.165, 1.54) is 11.3 Å². The first-order valence-corrected chi connectivity index (χ1v) is 7.26. The summed E-state index contributed by atoms with van der Waals surface area (Å²) in [5.41, 5.74) is 0. The Bertz CT molecular complexity index is 566. The Hall–Kier alpha value is -1.45. The van der Waals surface area contributed by atoms with Gasteiger partial charge in [0, 0.05) is 4.88 Å². The van der Waals surface area contributed by atoms with Crippen molar-refractivity contribution < 1.29 is 22.6 Å². The molecule has 1 saturated heterocycles. The van der Waals surface area contributed by atoms with E-state index in [-0.39, 0.29) is 18.9 Å². The molecule has 1 fully saturated rings. The molecule has 0 saturated carbocycles. The van der Waals surface area contributed by atoms with Crippen molar-refractivity contribution in [3.8, 4) is 0 Å². The van der Waals surface area contributed by atoms with Crippen LogP contribution in [-0.2, 0) is 26.3 Å². The zero-order valence-corrected chi connectivity index (χ0v) is 10.7. The second-order valence-corrected chi connectivity index (χ2v) is 6.09. The zero-order valence-electron chi connectivity index (χ0n) is 9.07. The molecule has 7 nitrogen and oxygen atoms in total. The number of carbonyl (C=O) groups excluding carboxylic acids is 2. The van der Waals surface area contributed by atoms with E-state index in [2.05, 4.69) is 5.32 Å². The second kappa shape index (κ2) is 4.67. The molecule has 1 aromatic rings. The molecule has 18 heavy (non-hydrogen) atoms. The van der Waals surface area contributed by atoms with Crippen LogP contribution in [0.5, 0.6) is 0 Å². The molecular weight excluding hydrogens is 280 g/mol. The number of thiophene rings is 1. The molecule has 0 radical (unpaired) electrons. The third-order valence-corrected chi connectivity index (χ3v) is 4.18. The van der Waals surface area contributed by atoms with E-state index in [1.54, 1.807) is 6.07 Å². The maximum absolute atomic E-state index is 11.5. The average Bonchev–Trinajstić information content (AvgIpc) is 2.74. The monoisotopic (exact) mass is 290 g/mol. The summed E-state index contributed by atoms with van der Waals surface area (Å²) in [4.78, 5) is 23.7. The Morgan fingerprint density at radius 1 is 1.61 bits per heavy atom. The quantitative estimate of drug-likeness (QED) is 0.570. The molecule has 9 heteroatoms. The minimum atomic E-state index is -4.50. The fourth-order valence-electron chi connectivity index (χ4n) is 1.53. The second-order valence-electron chi connectivity index (χ2n) is 3.72. The summed E-state index contributed by atoms with van der Waals surface area (Å²) >= 11 is 1.42. The van der Waals surface area contributed by atoms with Gasteiger partial charge in [-0.05, 0) is 11.4 Å². The lowest BCUT2D eigenvalue weighted by molar-refractivity contribution is -0.140. The Morgan fingerprint density at radius 3 is 2.83 bits per heavy atom. The average molecular weight is 290 g/mol. The molecule has 0 spiro atoms. The minimum Gasteiger partial charge on any atom is -0.342 e. The third kappa shape index (κ3) is 2.68. The van der Waals surface area contributed by atoms with Crippen molar-refractivity contribution in [2.75, 3.05) is 6.54 Å². The molecule has 2 heterocycles. The van der Waals surface area contributed by atoms with Crippen LogP contribution in [0, 0.1) is 0 Å². The van der Waals surface area contributed by atoms with Crippen LogP contribution in [0.15, 0.2) is 17.5 Å². The fourth-order valence-corrected chi connectivity index (χ4v) is 2.92. The summed E-state index contributed by atoms with van der Waals surface area (Å²) in [6.07, 6.45) is 0.146. The Morgan fingerprint density at radius 2 is 2.33 bits per heavy atom. The van der Waals surface area contributed by atoms with Gasteiger partial charge >= 0.3 is 10.3 Å². The van der Waals surface area contributed by atoms with Crippen molar-refractivity contribution in [3.63, 3.8) is 0 Å². The Balaban J connectivity index is 1.86. The van der Waals surface area contributed by atoms with E-state index in [9.17, 15) is 18.0 Å². The van der Waals surface area contributed by atoms with Crippen LogP contribution >= 0.6 is 11.3 Å². The Kier molecular flexibility index (Phi) is 3.37. The fraction of sp³-hybridized carbons (Fsp3) is 0.333. The SMILES string of the molecule is O=C(Cc1cccs1)NC1CN(S(=O)(=O)O)C1=O. The molecular formula is C9H10N2O5S2. The number of nitrogens with zero attached hydrogens (tertiary/aromatic N) is 1. The number of β-lactam (4-membered cyclic amide) rings is 1. The summed E-state index contributed by atoms with van der Waals surface area (Å²) in [5.74, 6) is -1.18. The lowest BCUT2D eigenvalue weighted by Gasteiger charge is -2.35. The van der Waals surface area contributed by atoms with Gasteiger partial charge in [0.1, 0.15) is 6.04 Å². The molecule has 2 rings (SSSR count). The van der Waals surface area contributed by atoms with Crippen molar-refractivity contribution >= 4 is 33.5 Å². The largest absolute Gasteiger partial charge is 0.362 e. The van der Waals surface area contributed by atoms with E-state index in [0.29, 0.717) is 4.31 Å². The molecule has 1 aliphatic rings. The van der Waals surface area contributed by atoms with Crippen molar-refractivity contribution in [1.82, 2.24) is 9.62 Å². The number of rotatable bonds is 4. The van der Waals surface area contributed by atoms with Crippen LogP contribution in [0.1, 0.15) is 4.88 Å². The molecule has 98 valence electrons. The molecule has 1 aliphatic heterocycles. The van der Waals surface area contributed by atoms with Crippen LogP contribution < -0.4 is 5.32 Å². The third-order valence-electron chi connectivity index (χ3n) is 2.42. The van der Waals surface area contributed by atoms with Gasteiger partial charge in [0.15, 0.2) is 0 Å². The predicted molar refractivity (Wildman–Crippen MR) is 63.2 cm³/mol. The summed E-state index contributed by atoms with van der Waals surface area (Å²) in [5, 5.41) is 4.24. The Labute approximate surface area is 107 Å². The number of carbonyl (C=O) groups is 2. The highest BCUT2D eigenvalue weighted by Gasteiger charge is 2.44. The van der Waals surface area contributed by atoms with Gasteiger partial charge in [0.05, 0.1) is 13.0 Å². The molecule has 2 amide bonds. The molecule has 0 bridgehead atoms. The summed E-state index contributed by atoms with van der Waals surface area (Å²) in [7, 11) is -4.50. The van der Waals surface area contributed by atoms with Gasteiger partial charge in [-0.2, -0.15) is 8.42 Å². The summed E-state index contributed by atoms with van der Waals surface area (Å²) in [6, 6.07) is 2.72. The van der Waals surface area contributed by atoms with E-state index < -0.39 is 22.3 Å². The highest BCUT2D eigenvalue weighted by molar-refractivity contribution is 7.84. The molecule has 1 unspecified atom stereocenters. The highest BCUT2D eigenvalue weighted by atomic mass is 32.2. The van der Waals surface area contributed by atoms with Crippen LogP contribution in [0.3, 0.4) is 0 Å². The standard InChI is InChI=1S/C9H10N2O5S2/c12-8(4-6-2-1-3-17-6)10-7-5-11(9(7)13)18(14,15)16/h1-3,7H,4-5H2,(H,10,12)(H,14,15,16). The van der Waals surface area contributed by atoms with Gasteiger partial charge in [-0.25, -0.2) is 4.31 Å². The maximum Gasteiger partial charge on any atom is 0.362 e. The molecule has 0 aliphatic carbocycles. The molecule has 2 N–H and O–H groups in total. The van der Waals surface area contributed by atoms with Crippen LogP contribution in [0.2, 0.25) is 0 Å². The van der Waals surface area contributed by atoms with Gasteiger partial charge in [-0.1, -0.05) is 6.07 Å². The van der Waals surface area contributed by atoms with Crippen molar-refractivity contribution in [2.45, 2.75) is 12.5 Å². The summed E-state index contributed by atoms with van der Waals surface area (Å²) < 4.78 is 30.3. The predicted octanol–water partition coefficient (Wildman–Crippen LogP) is -0.580. The molecule has 0 aromatic carbocycles. The van der Waals surface area contributed by atoms with Gasteiger partial charge in [0.2, 0.25) is 5.91 Å². The van der Waals surface area contributed by atoms with E-state index in [4.69, 9.17) is 4.55 Å². The first-order valence-electron chi connectivity index (χ1n) is 4.98. The van der Waals surface area contributed by atoms with Crippen molar-refractivity contribution in [2.24, 2.45) is 0 Å². The first kappa shape index (κ1) is 13.0. The number of amides is 2. The zero-order chi connectivity index (χ0) is 13.3. The molecule has 1 atom stereocenters. The molecule has 1 aromatic heterocycles. The van der Waals surface area contributed by atoms with Crippen LogP contribution in [-0.4, -0.2) is 41.7 Å². The van der Waals surface area contributed by atoms with Crippen molar-refractivity contribution in [1.29, 1.82) is 0 Å². The van der Waals surface area contributed by atoms with E-state index in [0.717, 1.165) is 4.88 Å². The van der Waals surface area contributed by atoms with Gasteiger partial charge in [-0.15, -0.1) is 11.3 Å². The lowest BCUT2D eigenvalue weighted by Crippen LogP contribution is -2.65. The minimum absolute atomic E-state index is 0.146. The lowest BCUT2D eigenvalue weighted by atomic mass is 10.1. The topological polar surface area (TPSA) is 104 Å². The highest BCUT2D eigenvalue weighted by Crippen LogP contribution is 2.15. The van der Waals surface area contributed by atoms with Gasteiger partial charge < -0.3 is 5.32 Å². The van der Waals surface area contributed by atoms with E-state index in [1.807, 2.05) is 11.4 Å². The summed E-state index contributed by atoms with van der Waals surface area (Å²) in [6.45, 7) is -0.228. The number of nitrogens with one attached hydrogen (secondary N) is 1. The number of hydrogen-bond donors (Lipinski definition) is 2. The van der Waals surface area contributed by atoms with E-state index >= 15 is 0 Å². The first-order chi connectivity index (χ1) is 8.38. The van der Waals surface area contributed by atoms with Gasteiger partial charge in [-0.3, -0.25) is 14.1 Å². The van der Waals surface area contributed by atoms with Gasteiger partial charge in [0.25, 0.3) is 5.91 Å². The smallest absolute Gasteiger partial charge is 0.342 e. The normalized spacial score (nSPS) is 19.5. The number of hydrogen-bond acceptors (Lipinski definition) is 5. The van der Waals surface area contributed by atoms with Crippen molar-refractivity contribution in [3.05, 3.63) is 22.4 Å². The maximum atomic E-state index is 11.5. The van der Waals surface area contributed by atoms with Crippen LogP contribution in [0.4, 0.5) is 0 Å².